The van der Waals surface area contributed by atoms with E-state index in [9.17, 15) is 9.00 Å². The molecule has 0 amide bonds. The first-order chi connectivity index (χ1) is 6.61. The monoisotopic (exact) mass is 220 g/mol. The van der Waals surface area contributed by atoms with Crippen LogP contribution in [0, 0.1) is 5.92 Å². The Kier molecular flexibility index (Phi) is 4.71. The van der Waals surface area contributed by atoms with E-state index in [0.717, 1.165) is 0 Å². The van der Waals surface area contributed by atoms with Crippen molar-refractivity contribution in [1.29, 1.82) is 0 Å². The number of hydrogen-bond donors (Lipinski definition) is 0. The quantitative estimate of drug-likeness (QED) is 0.500. The Hall–Kier alpha value is -0.260. The summed E-state index contributed by atoms with van der Waals surface area (Å²) < 4.78 is 18.7. The minimum absolute atomic E-state index is 0.0185. The summed E-state index contributed by atoms with van der Waals surface area (Å²) in [6, 6.07) is 0. The van der Waals surface area contributed by atoms with Gasteiger partial charge in [-0.3, -0.25) is 4.79 Å². The molecule has 1 fully saturated rings. The smallest absolute Gasteiger partial charge is 0.185 e. The van der Waals surface area contributed by atoms with Crippen molar-refractivity contribution in [2.24, 2.45) is 5.92 Å². The van der Waals surface area contributed by atoms with Gasteiger partial charge in [0.1, 0.15) is 0 Å². The van der Waals surface area contributed by atoms with Crippen LogP contribution in [0.1, 0.15) is 13.8 Å². The summed E-state index contributed by atoms with van der Waals surface area (Å²) in [6.07, 6.45) is 0. The van der Waals surface area contributed by atoms with Crippen molar-refractivity contribution in [1.82, 2.24) is 4.31 Å². The molecule has 82 valence electrons. The van der Waals surface area contributed by atoms with Crippen molar-refractivity contribution in [2.75, 3.05) is 32.1 Å². The highest BCUT2D eigenvalue weighted by Gasteiger charge is 2.25. The number of ketones is 1. The van der Waals surface area contributed by atoms with Gasteiger partial charge in [0.05, 0.1) is 26.3 Å². The summed E-state index contributed by atoms with van der Waals surface area (Å²) >= 11 is 0. The van der Waals surface area contributed by atoms with E-state index in [-0.39, 0.29) is 17.5 Å². The maximum absolute atomic E-state index is 11.7. The molecule has 1 rings (SSSR count). The third kappa shape index (κ3) is 3.48. The summed E-state index contributed by atoms with van der Waals surface area (Å²) in [6.45, 7) is 6.28. The molecule has 1 atom stereocenters. The van der Waals surface area contributed by atoms with Crippen molar-refractivity contribution < 1.29 is 13.7 Å². The fourth-order valence-electron chi connectivity index (χ4n) is 1.19. The molecule has 0 N–H and O–H groups in total. The first-order valence-corrected chi connectivity index (χ1v) is 6.31. The SMILES string of the molecule is CC(C)C(=O)C[SH+](=O)N1CCOCC1. The molecule has 1 saturated heterocycles. The van der Waals surface area contributed by atoms with Crippen molar-refractivity contribution in [3.8, 4) is 0 Å². The lowest BCUT2D eigenvalue weighted by molar-refractivity contribution is -0.119. The third-order valence-electron chi connectivity index (χ3n) is 2.24. The molecule has 5 heteroatoms. The first-order valence-electron chi connectivity index (χ1n) is 4.91. The lowest BCUT2D eigenvalue weighted by Crippen LogP contribution is -2.39. The van der Waals surface area contributed by atoms with Crippen molar-refractivity contribution >= 4 is 16.8 Å². The van der Waals surface area contributed by atoms with E-state index in [4.69, 9.17) is 4.74 Å². The summed E-state index contributed by atoms with van der Waals surface area (Å²) in [4.78, 5) is 11.4. The van der Waals surface area contributed by atoms with Crippen LogP contribution in [0.25, 0.3) is 0 Å². The zero-order valence-corrected chi connectivity index (χ0v) is 9.63. The van der Waals surface area contributed by atoms with Crippen molar-refractivity contribution in [2.45, 2.75) is 13.8 Å². The highest BCUT2D eigenvalue weighted by molar-refractivity contribution is 7.83. The number of ether oxygens (including phenoxy) is 1. The number of carbonyl (C=O) groups is 1. The predicted molar refractivity (Wildman–Crippen MR) is 56.6 cm³/mol. The van der Waals surface area contributed by atoms with Crippen molar-refractivity contribution in [3.05, 3.63) is 0 Å². The van der Waals surface area contributed by atoms with Gasteiger partial charge in [0.15, 0.2) is 22.5 Å². The Bertz CT molecular complexity index is 224. The molecule has 0 spiro atoms. The molecule has 4 nitrogen and oxygen atoms in total. The van der Waals surface area contributed by atoms with Gasteiger partial charge in [-0.2, -0.15) is 0 Å². The van der Waals surface area contributed by atoms with Gasteiger partial charge in [-0.1, -0.05) is 18.1 Å². The van der Waals surface area contributed by atoms with Gasteiger partial charge in [-0.25, -0.2) is 0 Å². The second kappa shape index (κ2) is 5.58. The molecule has 0 aromatic rings. The number of hydrogen-bond acceptors (Lipinski definition) is 3. The fraction of sp³-hybridized carbons (Fsp3) is 0.889. The zero-order chi connectivity index (χ0) is 10.6. The van der Waals surface area contributed by atoms with Crippen LogP contribution in [-0.4, -0.2) is 42.1 Å². The molecule has 1 heterocycles. The lowest BCUT2D eigenvalue weighted by Gasteiger charge is -2.20. The number of thiol groups is 1. The van der Waals surface area contributed by atoms with Gasteiger partial charge in [0.25, 0.3) is 0 Å². The second-order valence-corrected chi connectivity index (χ2v) is 5.28. The zero-order valence-electron chi connectivity index (χ0n) is 8.73. The minimum atomic E-state index is -1.52. The summed E-state index contributed by atoms with van der Waals surface area (Å²) in [7, 11) is -1.52. The van der Waals surface area contributed by atoms with Gasteiger partial charge in [0, 0.05) is 5.92 Å². The van der Waals surface area contributed by atoms with Crippen LogP contribution in [0.2, 0.25) is 0 Å². The number of nitrogens with zero attached hydrogens (tertiary/aromatic N) is 1. The molecule has 1 unspecified atom stereocenters. The second-order valence-electron chi connectivity index (χ2n) is 3.70. The van der Waals surface area contributed by atoms with Crippen LogP contribution in [0.3, 0.4) is 0 Å². The standard InChI is InChI=1S/C9H17NO3S/c1-8(2)9(11)7-14(12)10-3-5-13-6-4-10/h8H,3-7H2,1-2H3/p+1. The van der Waals surface area contributed by atoms with Crippen LogP contribution in [0.5, 0.6) is 0 Å². The van der Waals surface area contributed by atoms with E-state index >= 15 is 0 Å². The van der Waals surface area contributed by atoms with E-state index < -0.39 is 11.0 Å². The van der Waals surface area contributed by atoms with Crippen LogP contribution >= 0.6 is 0 Å². The summed E-state index contributed by atoms with van der Waals surface area (Å²) in [5, 5.41) is 0. The van der Waals surface area contributed by atoms with Crippen LogP contribution < -0.4 is 0 Å². The molecule has 0 radical (unpaired) electrons. The molecule has 0 aromatic heterocycles. The van der Waals surface area contributed by atoms with Gasteiger partial charge in [-0.05, 0) is 0 Å². The highest BCUT2D eigenvalue weighted by atomic mass is 32.2. The van der Waals surface area contributed by atoms with E-state index in [1.165, 1.54) is 0 Å². The molecule has 0 bridgehead atoms. The normalized spacial score (nSPS) is 21.1. The summed E-state index contributed by atoms with van der Waals surface area (Å²) in [5.41, 5.74) is 0. The van der Waals surface area contributed by atoms with E-state index in [1.54, 1.807) is 0 Å². The molecule has 0 aromatic carbocycles. The lowest BCUT2D eigenvalue weighted by atomic mass is 10.1. The van der Waals surface area contributed by atoms with E-state index in [1.807, 2.05) is 18.2 Å². The molecule has 14 heavy (non-hydrogen) atoms. The van der Waals surface area contributed by atoms with Crippen LogP contribution in [0.4, 0.5) is 0 Å². The Morgan fingerprint density at radius 3 is 2.50 bits per heavy atom. The summed E-state index contributed by atoms with van der Waals surface area (Å²) in [5.74, 6) is 0.250. The molecule has 0 saturated carbocycles. The Labute approximate surface area is 87.2 Å². The maximum Gasteiger partial charge on any atom is 0.185 e. The first kappa shape index (κ1) is 11.8. The third-order valence-corrected chi connectivity index (χ3v) is 3.85. The van der Waals surface area contributed by atoms with E-state index in [0.29, 0.717) is 26.3 Å². The van der Waals surface area contributed by atoms with Gasteiger partial charge in [-0.15, -0.1) is 4.31 Å². The average molecular weight is 220 g/mol. The van der Waals surface area contributed by atoms with Gasteiger partial charge >= 0.3 is 0 Å². The highest BCUT2D eigenvalue weighted by Crippen LogP contribution is 2.04. The van der Waals surface area contributed by atoms with E-state index in [2.05, 4.69) is 0 Å². The molecule has 1 aliphatic rings. The average Bonchev–Trinajstić information content (AvgIpc) is 2.19. The number of Topliss-reactive ketones (excluding diaryl/α,β-unsaturated/α-hetero) is 1. The van der Waals surface area contributed by atoms with Crippen molar-refractivity contribution in [3.63, 3.8) is 0 Å². The molecular weight excluding hydrogens is 202 g/mol. The molecular formula is C9H18NO3S+. The Balaban J connectivity index is 2.37. The van der Waals surface area contributed by atoms with Gasteiger partial charge < -0.3 is 4.74 Å². The number of morpholine rings is 1. The topological polar surface area (TPSA) is 46.6 Å². The number of carbonyl (C=O) groups excluding carboxylic acids is 1. The maximum atomic E-state index is 11.7. The number of rotatable bonds is 4. The Morgan fingerprint density at radius 1 is 1.43 bits per heavy atom. The van der Waals surface area contributed by atoms with Gasteiger partial charge in [0.2, 0.25) is 0 Å². The largest absolute Gasteiger partial charge is 0.378 e. The predicted octanol–water partition coefficient (Wildman–Crippen LogP) is 0.155. The Morgan fingerprint density at radius 2 is 2.00 bits per heavy atom. The van der Waals surface area contributed by atoms with Crippen LogP contribution in [0.15, 0.2) is 0 Å². The van der Waals surface area contributed by atoms with Crippen LogP contribution in [-0.2, 0) is 24.7 Å². The fourth-order valence-corrected chi connectivity index (χ4v) is 2.63. The molecule has 0 aliphatic carbocycles. The minimum Gasteiger partial charge on any atom is -0.378 e. The molecule has 1 aliphatic heterocycles.